The average molecular weight is 317 g/mol. The Kier molecular flexibility index (Phi) is 4.30. The van der Waals surface area contributed by atoms with Gasteiger partial charge in [-0.1, -0.05) is 6.07 Å². The van der Waals surface area contributed by atoms with Crippen molar-refractivity contribution in [2.24, 2.45) is 0 Å². The molecule has 2 aromatic rings. The van der Waals surface area contributed by atoms with Gasteiger partial charge in [-0.15, -0.1) is 0 Å². The molecule has 2 heterocycles. The minimum Gasteiger partial charge on any atom is -0.470 e. The molecule has 0 saturated heterocycles. The van der Waals surface area contributed by atoms with Crippen molar-refractivity contribution in [1.82, 2.24) is 4.98 Å². The highest BCUT2D eigenvalue weighted by atomic mass is 79.9. The number of rotatable bonds is 5. The molecule has 0 bridgehead atoms. The summed E-state index contributed by atoms with van der Waals surface area (Å²) in [5.74, 6) is 0. The van der Waals surface area contributed by atoms with Crippen LogP contribution in [0.5, 0.6) is 0 Å². The molecule has 0 N–H and O–H groups in total. The van der Waals surface area contributed by atoms with E-state index >= 15 is 0 Å². The number of nitrogens with zero attached hydrogens (tertiary/aromatic N) is 2. The molecule has 0 atom stereocenters. The summed E-state index contributed by atoms with van der Waals surface area (Å²) < 4.78 is 30.7. The molecule has 2 rings (SSSR count). The predicted molar refractivity (Wildman–Crippen MR) is 67.7 cm³/mol. The van der Waals surface area contributed by atoms with Gasteiger partial charge in [-0.3, -0.25) is 0 Å². The third-order valence-electron chi connectivity index (χ3n) is 2.39. The van der Waals surface area contributed by atoms with Crippen LogP contribution in [0.1, 0.15) is 5.56 Å². The van der Waals surface area contributed by atoms with Crippen LogP contribution in [0.2, 0.25) is 0 Å². The van der Waals surface area contributed by atoms with Crippen molar-refractivity contribution in [1.29, 1.82) is 0 Å². The van der Waals surface area contributed by atoms with Crippen molar-refractivity contribution >= 4 is 21.6 Å². The smallest absolute Gasteiger partial charge is 0.255 e. The third-order valence-corrected chi connectivity index (χ3v) is 2.86. The first-order valence-electron chi connectivity index (χ1n) is 5.31. The summed E-state index contributed by atoms with van der Waals surface area (Å²) in [6.45, 7) is 0.0275. The van der Waals surface area contributed by atoms with E-state index in [0.717, 1.165) is 10.2 Å². The quantitative estimate of drug-likeness (QED) is 0.787. The van der Waals surface area contributed by atoms with Gasteiger partial charge in [-0.2, -0.15) is 0 Å². The second-order valence-electron chi connectivity index (χ2n) is 3.74. The highest BCUT2D eigenvalue weighted by Gasteiger charge is 2.14. The SMILES string of the molecule is FC(F)CN(Cc1ccc(Br)nc1)c1ccoc1. The fourth-order valence-corrected chi connectivity index (χ4v) is 1.82. The summed E-state index contributed by atoms with van der Waals surface area (Å²) >= 11 is 3.23. The number of aromatic nitrogens is 1. The molecule has 0 aliphatic carbocycles. The lowest BCUT2D eigenvalue weighted by atomic mass is 10.2. The minimum atomic E-state index is -2.40. The average Bonchev–Trinajstić information content (AvgIpc) is 2.84. The molecular formula is C12H11BrF2N2O. The maximum absolute atomic E-state index is 12.5. The predicted octanol–water partition coefficient (Wildman–Crippen LogP) is 3.71. The Morgan fingerprint density at radius 3 is 2.72 bits per heavy atom. The van der Waals surface area contributed by atoms with Crippen molar-refractivity contribution < 1.29 is 13.2 Å². The van der Waals surface area contributed by atoms with E-state index in [4.69, 9.17) is 4.42 Å². The zero-order chi connectivity index (χ0) is 13.0. The van der Waals surface area contributed by atoms with E-state index in [2.05, 4.69) is 20.9 Å². The number of pyridine rings is 1. The number of hydrogen-bond acceptors (Lipinski definition) is 3. The number of halogens is 3. The Balaban J connectivity index is 2.12. The van der Waals surface area contributed by atoms with E-state index in [9.17, 15) is 8.78 Å². The van der Waals surface area contributed by atoms with Gasteiger partial charge in [0.2, 0.25) is 0 Å². The van der Waals surface area contributed by atoms with Crippen LogP contribution in [-0.4, -0.2) is 18.0 Å². The van der Waals surface area contributed by atoms with E-state index in [1.54, 1.807) is 23.2 Å². The highest BCUT2D eigenvalue weighted by molar-refractivity contribution is 9.10. The van der Waals surface area contributed by atoms with E-state index < -0.39 is 6.43 Å². The molecule has 6 heteroatoms. The fourth-order valence-electron chi connectivity index (χ4n) is 1.59. The Labute approximate surface area is 112 Å². The molecule has 0 aliphatic heterocycles. The Morgan fingerprint density at radius 2 is 2.17 bits per heavy atom. The summed E-state index contributed by atoms with van der Waals surface area (Å²) in [6.07, 6.45) is 2.17. The first-order chi connectivity index (χ1) is 8.65. The Hall–Kier alpha value is -1.43. The molecule has 0 fully saturated rings. The van der Waals surface area contributed by atoms with Crippen molar-refractivity contribution in [3.05, 3.63) is 47.1 Å². The van der Waals surface area contributed by atoms with Crippen LogP contribution in [0.25, 0.3) is 0 Å². The maximum Gasteiger partial charge on any atom is 0.255 e. The largest absolute Gasteiger partial charge is 0.470 e. The molecule has 0 saturated carbocycles. The topological polar surface area (TPSA) is 29.3 Å². The minimum absolute atomic E-state index is 0.338. The lowest BCUT2D eigenvalue weighted by molar-refractivity contribution is 0.154. The van der Waals surface area contributed by atoms with Crippen molar-refractivity contribution in [3.63, 3.8) is 0 Å². The van der Waals surface area contributed by atoms with Gasteiger partial charge >= 0.3 is 0 Å². The van der Waals surface area contributed by atoms with Crippen LogP contribution < -0.4 is 4.90 Å². The Bertz CT molecular complexity index is 473. The highest BCUT2D eigenvalue weighted by Crippen LogP contribution is 2.19. The fraction of sp³-hybridized carbons (Fsp3) is 0.250. The summed E-state index contributed by atoms with van der Waals surface area (Å²) in [6, 6.07) is 5.29. The number of hydrogen-bond donors (Lipinski definition) is 0. The zero-order valence-corrected chi connectivity index (χ0v) is 11.0. The van der Waals surface area contributed by atoms with Crippen LogP contribution in [-0.2, 0) is 6.54 Å². The van der Waals surface area contributed by atoms with Gasteiger partial charge in [-0.25, -0.2) is 13.8 Å². The number of furan rings is 1. The van der Waals surface area contributed by atoms with Gasteiger partial charge in [0.15, 0.2) is 0 Å². The van der Waals surface area contributed by atoms with Crippen LogP contribution in [0.3, 0.4) is 0 Å². The van der Waals surface area contributed by atoms with E-state index in [1.165, 1.54) is 12.5 Å². The molecule has 0 spiro atoms. The van der Waals surface area contributed by atoms with Gasteiger partial charge < -0.3 is 9.32 Å². The molecule has 2 aromatic heterocycles. The summed E-state index contributed by atoms with van der Waals surface area (Å²) in [4.78, 5) is 5.63. The molecular weight excluding hydrogens is 306 g/mol. The van der Waals surface area contributed by atoms with Crippen LogP contribution in [0, 0.1) is 0 Å². The molecule has 0 amide bonds. The second-order valence-corrected chi connectivity index (χ2v) is 4.55. The monoisotopic (exact) mass is 316 g/mol. The first-order valence-corrected chi connectivity index (χ1v) is 6.10. The molecule has 3 nitrogen and oxygen atoms in total. The van der Waals surface area contributed by atoms with Crippen molar-refractivity contribution in [2.45, 2.75) is 13.0 Å². The Morgan fingerprint density at radius 1 is 1.33 bits per heavy atom. The zero-order valence-electron chi connectivity index (χ0n) is 9.39. The van der Waals surface area contributed by atoms with E-state index in [0.29, 0.717) is 12.2 Å². The summed E-state index contributed by atoms with van der Waals surface area (Å²) in [5.41, 5.74) is 1.50. The standard InChI is InChI=1S/C12H11BrF2N2O/c13-11-2-1-9(5-16-11)6-17(7-12(14)15)10-3-4-18-8-10/h1-5,8,12H,6-7H2. The first kappa shape index (κ1) is 13.0. The molecule has 0 unspecified atom stereocenters. The number of alkyl halides is 2. The van der Waals surface area contributed by atoms with Gasteiger partial charge in [0, 0.05) is 12.7 Å². The normalized spacial score (nSPS) is 10.9. The van der Waals surface area contributed by atoms with Gasteiger partial charge in [0.25, 0.3) is 6.43 Å². The lowest BCUT2D eigenvalue weighted by Crippen LogP contribution is -2.27. The molecule has 0 aromatic carbocycles. The molecule has 18 heavy (non-hydrogen) atoms. The van der Waals surface area contributed by atoms with Gasteiger partial charge in [-0.05, 0) is 33.6 Å². The van der Waals surface area contributed by atoms with Crippen LogP contribution in [0.15, 0.2) is 45.9 Å². The molecule has 0 radical (unpaired) electrons. The maximum atomic E-state index is 12.5. The van der Waals surface area contributed by atoms with Crippen LogP contribution >= 0.6 is 15.9 Å². The summed E-state index contributed by atoms with van der Waals surface area (Å²) in [7, 11) is 0. The van der Waals surface area contributed by atoms with Crippen LogP contribution in [0.4, 0.5) is 14.5 Å². The van der Waals surface area contributed by atoms with Crippen molar-refractivity contribution in [3.8, 4) is 0 Å². The van der Waals surface area contributed by atoms with E-state index in [1.807, 2.05) is 6.07 Å². The molecule has 96 valence electrons. The third kappa shape index (κ3) is 3.53. The molecule has 0 aliphatic rings. The van der Waals surface area contributed by atoms with Gasteiger partial charge in [0.1, 0.15) is 10.9 Å². The van der Waals surface area contributed by atoms with Gasteiger partial charge in [0.05, 0.1) is 18.5 Å². The lowest BCUT2D eigenvalue weighted by Gasteiger charge is -2.22. The second kappa shape index (κ2) is 5.95. The summed E-state index contributed by atoms with van der Waals surface area (Å²) in [5, 5.41) is 0. The van der Waals surface area contributed by atoms with Crippen molar-refractivity contribution in [2.75, 3.05) is 11.4 Å². The number of anilines is 1. The van der Waals surface area contributed by atoms with E-state index in [-0.39, 0.29) is 6.54 Å².